The predicted octanol–water partition coefficient (Wildman–Crippen LogP) is 1.34. The Bertz CT molecular complexity index is 204. The third-order valence-corrected chi connectivity index (χ3v) is 4.22. The normalized spacial score (nSPS) is 33.4. The summed E-state index contributed by atoms with van der Waals surface area (Å²) < 4.78 is 5.49. The van der Waals surface area contributed by atoms with Crippen LogP contribution in [-0.2, 0) is 4.74 Å². The smallest absolute Gasteiger partial charge is 0.0509 e. The molecule has 0 bridgehead atoms. The van der Waals surface area contributed by atoms with E-state index in [2.05, 4.69) is 24.1 Å². The van der Waals surface area contributed by atoms with Gasteiger partial charge in [-0.1, -0.05) is 6.92 Å². The number of rotatable bonds is 5. The summed E-state index contributed by atoms with van der Waals surface area (Å²) in [7, 11) is 0. The van der Waals surface area contributed by atoms with Crippen molar-refractivity contribution in [3.05, 3.63) is 0 Å². The minimum atomic E-state index is 0.717. The van der Waals surface area contributed by atoms with Crippen molar-refractivity contribution in [1.82, 2.24) is 10.2 Å². The summed E-state index contributed by atoms with van der Waals surface area (Å²) in [6, 6.07) is 0.717. The maximum Gasteiger partial charge on any atom is 0.0509 e. The highest BCUT2D eigenvalue weighted by Crippen LogP contribution is 2.25. The predicted molar refractivity (Wildman–Crippen MR) is 66.6 cm³/mol. The fourth-order valence-corrected chi connectivity index (χ4v) is 2.98. The molecule has 2 rings (SSSR count). The molecule has 2 heterocycles. The second kappa shape index (κ2) is 5.99. The van der Waals surface area contributed by atoms with Gasteiger partial charge in [0.25, 0.3) is 0 Å². The molecule has 0 saturated carbocycles. The summed E-state index contributed by atoms with van der Waals surface area (Å²) >= 11 is 0. The highest BCUT2D eigenvalue weighted by Gasteiger charge is 2.31. The van der Waals surface area contributed by atoms with Crippen molar-refractivity contribution in [3.8, 4) is 0 Å². The van der Waals surface area contributed by atoms with Crippen LogP contribution < -0.4 is 5.32 Å². The van der Waals surface area contributed by atoms with Gasteiger partial charge in [0.1, 0.15) is 0 Å². The first-order valence-electron chi connectivity index (χ1n) is 6.83. The average Bonchev–Trinajstić information content (AvgIpc) is 2.96. The summed E-state index contributed by atoms with van der Waals surface area (Å²) in [5, 5.41) is 3.47. The number of likely N-dealkylation sites (tertiary alicyclic amines) is 1. The van der Waals surface area contributed by atoms with Gasteiger partial charge in [-0.2, -0.15) is 0 Å². The van der Waals surface area contributed by atoms with E-state index in [0.29, 0.717) is 6.04 Å². The zero-order chi connectivity index (χ0) is 11.4. The highest BCUT2D eigenvalue weighted by atomic mass is 16.5. The van der Waals surface area contributed by atoms with Crippen molar-refractivity contribution in [1.29, 1.82) is 0 Å². The standard InChI is InChI=1S/C13H26N2O/c1-3-14-8-12-4-6-15(9-12)11(2)13-5-7-16-10-13/h11-14H,3-10H2,1-2H3. The zero-order valence-corrected chi connectivity index (χ0v) is 10.7. The molecular formula is C13H26N2O. The Hall–Kier alpha value is -0.120. The second-order valence-electron chi connectivity index (χ2n) is 5.32. The number of ether oxygens (including phenoxy) is 1. The summed E-state index contributed by atoms with van der Waals surface area (Å²) in [6.07, 6.45) is 2.63. The molecule has 0 aromatic carbocycles. The lowest BCUT2D eigenvalue weighted by Gasteiger charge is -2.28. The molecule has 0 radical (unpaired) electrons. The monoisotopic (exact) mass is 226 g/mol. The van der Waals surface area contributed by atoms with Gasteiger partial charge in [-0.25, -0.2) is 0 Å². The van der Waals surface area contributed by atoms with Gasteiger partial charge in [-0.3, -0.25) is 4.90 Å². The van der Waals surface area contributed by atoms with Crippen molar-refractivity contribution in [2.75, 3.05) is 39.4 Å². The van der Waals surface area contributed by atoms with E-state index in [0.717, 1.165) is 31.6 Å². The molecule has 94 valence electrons. The lowest BCUT2D eigenvalue weighted by Crippen LogP contribution is -2.38. The first-order chi connectivity index (χ1) is 7.81. The van der Waals surface area contributed by atoms with Crippen LogP contribution in [0.4, 0.5) is 0 Å². The van der Waals surface area contributed by atoms with Crippen molar-refractivity contribution < 1.29 is 4.74 Å². The molecule has 2 saturated heterocycles. The van der Waals surface area contributed by atoms with Crippen LogP contribution in [0.2, 0.25) is 0 Å². The second-order valence-corrected chi connectivity index (χ2v) is 5.32. The van der Waals surface area contributed by atoms with Gasteiger partial charge in [0.15, 0.2) is 0 Å². The fourth-order valence-electron chi connectivity index (χ4n) is 2.98. The summed E-state index contributed by atoms with van der Waals surface area (Å²) in [6.45, 7) is 11.4. The Labute approximate surface area is 99.5 Å². The molecule has 2 fully saturated rings. The molecule has 0 aromatic heterocycles. The quantitative estimate of drug-likeness (QED) is 0.766. The van der Waals surface area contributed by atoms with Crippen molar-refractivity contribution in [3.63, 3.8) is 0 Å². The zero-order valence-electron chi connectivity index (χ0n) is 10.7. The van der Waals surface area contributed by atoms with E-state index in [4.69, 9.17) is 4.74 Å². The molecule has 0 aromatic rings. The van der Waals surface area contributed by atoms with Crippen LogP contribution in [0.15, 0.2) is 0 Å². The minimum Gasteiger partial charge on any atom is -0.381 e. The van der Waals surface area contributed by atoms with Gasteiger partial charge in [0.2, 0.25) is 0 Å². The molecule has 0 spiro atoms. The first-order valence-corrected chi connectivity index (χ1v) is 6.83. The largest absolute Gasteiger partial charge is 0.381 e. The molecule has 3 nitrogen and oxygen atoms in total. The maximum absolute atomic E-state index is 5.49. The van der Waals surface area contributed by atoms with Gasteiger partial charge in [0.05, 0.1) is 6.61 Å². The Morgan fingerprint density at radius 2 is 2.31 bits per heavy atom. The van der Waals surface area contributed by atoms with Crippen LogP contribution in [0, 0.1) is 11.8 Å². The molecule has 0 aliphatic carbocycles. The average molecular weight is 226 g/mol. The minimum absolute atomic E-state index is 0.717. The Morgan fingerprint density at radius 1 is 1.44 bits per heavy atom. The Kier molecular flexibility index (Phi) is 4.62. The van der Waals surface area contributed by atoms with Crippen LogP contribution in [0.3, 0.4) is 0 Å². The Balaban J connectivity index is 1.74. The molecule has 3 atom stereocenters. The number of hydrogen-bond donors (Lipinski definition) is 1. The molecular weight excluding hydrogens is 200 g/mol. The van der Waals surface area contributed by atoms with Crippen LogP contribution >= 0.6 is 0 Å². The van der Waals surface area contributed by atoms with Crippen molar-refractivity contribution >= 4 is 0 Å². The van der Waals surface area contributed by atoms with Crippen LogP contribution in [-0.4, -0.2) is 50.3 Å². The SMILES string of the molecule is CCNCC1CCN(C(C)C2CCOC2)C1. The molecule has 3 unspecified atom stereocenters. The molecule has 3 heteroatoms. The number of hydrogen-bond acceptors (Lipinski definition) is 3. The van der Waals surface area contributed by atoms with Gasteiger partial charge in [0, 0.05) is 19.2 Å². The van der Waals surface area contributed by atoms with E-state index in [9.17, 15) is 0 Å². The van der Waals surface area contributed by atoms with E-state index in [1.54, 1.807) is 0 Å². The molecule has 16 heavy (non-hydrogen) atoms. The third kappa shape index (κ3) is 2.96. The van der Waals surface area contributed by atoms with Crippen LogP contribution in [0.25, 0.3) is 0 Å². The van der Waals surface area contributed by atoms with Gasteiger partial charge < -0.3 is 10.1 Å². The van der Waals surface area contributed by atoms with E-state index in [1.165, 1.54) is 32.5 Å². The maximum atomic E-state index is 5.49. The molecule has 2 aliphatic rings. The lowest BCUT2D eigenvalue weighted by atomic mass is 9.99. The van der Waals surface area contributed by atoms with E-state index in [-0.39, 0.29) is 0 Å². The number of nitrogens with zero attached hydrogens (tertiary/aromatic N) is 1. The van der Waals surface area contributed by atoms with Gasteiger partial charge in [-0.05, 0) is 51.2 Å². The van der Waals surface area contributed by atoms with Gasteiger partial charge in [-0.15, -0.1) is 0 Å². The molecule has 1 N–H and O–H groups in total. The van der Waals surface area contributed by atoms with Crippen LogP contribution in [0.5, 0.6) is 0 Å². The fraction of sp³-hybridized carbons (Fsp3) is 1.00. The highest BCUT2D eigenvalue weighted by molar-refractivity contribution is 4.85. The summed E-state index contributed by atoms with van der Waals surface area (Å²) in [5.74, 6) is 1.64. The topological polar surface area (TPSA) is 24.5 Å². The van der Waals surface area contributed by atoms with Gasteiger partial charge >= 0.3 is 0 Å². The van der Waals surface area contributed by atoms with E-state index < -0.39 is 0 Å². The lowest BCUT2D eigenvalue weighted by molar-refractivity contribution is 0.142. The molecule has 2 aliphatic heterocycles. The first kappa shape index (κ1) is 12.3. The number of nitrogens with one attached hydrogen (secondary N) is 1. The molecule has 0 amide bonds. The van der Waals surface area contributed by atoms with Crippen LogP contribution in [0.1, 0.15) is 26.7 Å². The summed E-state index contributed by atoms with van der Waals surface area (Å²) in [4.78, 5) is 2.67. The third-order valence-electron chi connectivity index (χ3n) is 4.22. The van der Waals surface area contributed by atoms with E-state index in [1.807, 2.05) is 0 Å². The van der Waals surface area contributed by atoms with Crippen molar-refractivity contribution in [2.24, 2.45) is 11.8 Å². The Morgan fingerprint density at radius 3 is 3.00 bits per heavy atom. The summed E-state index contributed by atoms with van der Waals surface area (Å²) in [5.41, 5.74) is 0. The van der Waals surface area contributed by atoms with Crippen molar-refractivity contribution in [2.45, 2.75) is 32.7 Å². The van der Waals surface area contributed by atoms with E-state index >= 15 is 0 Å².